The third kappa shape index (κ3) is 2.83. The van der Waals surface area contributed by atoms with E-state index in [0.717, 1.165) is 72.9 Å². The molecule has 4 heteroatoms. The molecule has 0 saturated carbocycles. The fraction of sp³-hybridized carbons (Fsp3) is 0.474. The Bertz CT molecular complexity index is 735. The van der Waals surface area contributed by atoms with Crippen molar-refractivity contribution in [3.63, 3.8) is 0 Å². The molecule has 4 rings (SSSR count). The van der Waals surface area contributed by atoms with Crippen molar-refractivity contribution in [3.05, 3.63) is 41.1 Å². The molecule has 1 fully saturated rings. The molecule has 1 atom stereocenters. The van der Waals surface area contributed by atoms with E-state index >= 15 is 0 Å². The largest absolute Gasteiger partial charge is 0.376 e. The van der Waals surface area contributed by atoms with Gasteiger partial charge >= 0.3 is 0 Å². The highest BCUT2D eigenvalue weighted by Crippen LogP contribution is 2.29. The summed E-state index contributed by atoms with van der Waals surface area (Å²) in [5.41, 5.74) is 4.02. The summed E-state index contributed by atoms with van der Waals surface area (Å²) in [4.78, 5) is 17.7. The number of pyridine rings is 1. The normalized spacial score (nSPS) is 20.4. The zero-order valence-corrected chi connectivity index (χ0v) is 13.3. The van der Waals surface area contributed by atoms with Gasteiger partial charge in [-0.25, -0.2) is 0 Å². The zero-order chi connectivity index (χ0) is 15.6. The van der Waals surface area contributed by atoms with Gasteiger partial charge in [-0.05, 0) is 50.2 Å². The number of aromatic nitrogens is 1. The van der Waals surface area contributed by atoms with E-state index in [4.69, 9.17) is 9.72 Å². The molecule has 1 aromatic heterocycles. The van der Waals surface area contributed by atoms with E-state index in [0.29, 0.717) is 6.54 Å². The van der Waals surface area contributed by atoms with Gasteiger partial charge in [-0.1, -0.05) is 18.2 Å². The molecular formula is C19H22N2O2. The molecule has 0 spiro atoms. The number of benzene rings is 1. The summed E-state index contributed by atoms with van der Waals surface area (Å²) in [5, 5.41) is 4.06. The lowest BCUT2D eigenvalue weighted by atomic mass is 9.89. The van der Waals surface area contributed by atoms with Crippen molar-refractivity contribution >= 4 is 16.8 Å². The van der Waals surface area contributed by atoms with Crippen LogP contribution in [0.5, 0.6) is 0 Å². The first-order valence-corrected chi connectivity index (χ1v) is 8.63. The Labute approximate surface area is 136 Å². The van der Waals surface area contributed by atoms with Crippen molar-refractivity contribution in [2.75, 3.05) is 13.2 Å². The Morgan fingerprint density at radius 3 is 2.96 bits per heavy atom. The van der Waals surface area contributed by atoms with E-state index < -0.39 is 0 Å². The molecule has 23 heavy (non-hydrogen) atoms. The van der Waals surface area contributed by atoms with Crippen LogP contribution < -0.4 is 5.32 Å². The van der Waals surface area contributed by atoms with Gasteiger partial charge in [-0.3, -0.25) is 9.78 Å². The Hall–Kier alpha value is -1.94. The quantitative estimate of drug-likeness (QED) is 0.948. The summed E-state index contributed by atoms with van der Waals surface area (Å²) in [6.45, 7) is 1.42. The van der Waals surface area contributed by atoms with Crippen LogP contribution in [-0.4, -0.2) is 30.1 Å². The molecule has 2 aliphatic rings. The Morgan fingerprint density at radius 1 is 1.22 bits per heavy atom. The van der Waals surface area contributed by atoms with Gasteiger partial charge in [0.2, 0.25) is 0 Å². The second-order valence-electron chi connectivity index (χ2n) is 6.48. The average molecular weight is 310 g/mol. The topological polar surface area (TPSA) is 51.2 Å². The molecule has 120 valence electrons. The van der Waals surface area contributed by atoms with E-state index in [1.807, 2.05) is 24.3 Å². The Morgan fingerprint density at radius 2 is 2.09 bits per heavy atom. The molecule has 0 bridgehead atoms. The van der Waals surface area contributed by atoms with Crippen LogP contribution >= 0.6 is 0 Å². The van der Waals surface area contributed by atoms with E-state index in [1.165, 1.54) is 0 Å². The first-order valence-electron chi connectivity index (χ1n) is 8.63. The fourth-order valence-corrected chi connectivity index (χ4v) is 3.73. The Kier molecular flexibility index (Phi) is 4.00. The minimum atomic E-state index is 0.0252. The molecule has 2 aromatic rings. The van der Waals surface area contributed by atoms with Gasteiger partial charge in [0.05, 0.1) is 17.2 Å². The van der Waals surface area contributed by atoms with Crippen LogP contribution in [-0.2, 0) is 17.6 Å². The number of nitrogens with one attached hydrogen (secondary N) is 1. The van der Waals surface area contributed by atoms with Crippen molar-refractivity contribution in [1.29, 1.82) is 0 Å². The summed E-state index contributed by atoms with van der Waals surface area (Å²) >= 11 is 0. The predicted octanol–water partition coefficient (Wildman–Crippen LogP) is 3.02. The van der Waals surface area contributed by atoms with Crippen LogP contribution in [0.3, 0.4) is 0 Å². The number of carbonyl (C=O) groups excluding carboxylic acids is 1. The highest BCUT2D eigenvalue weighted by Gasteiger charge is 2.23. The lowest BCUT2D eigenvalue weighted by Crippen LogP contribution is -2.33. The van der Waals surface area contributed by atoms with Crippen molar-refractivity contribution < 1.29 is 9.53 Å². The molecule has 1 aliphatic carbocycles. The third-order valence-electron chi connectivity index (χ3n) is 4.91. The van der Waals surface area contributed by atoms with Crippen LogP contribution in [0.25, 0.3) is 10.9 Å². The number of aryl methyl sites for hydroxylation is 1. The predicted molar refractivity (Wildman–Crippen MR) is 89.7 cm³/mol. The van der Waals surface area contributed by atoms with E-state index in [1.54, 1.807) is 0 Å². The number of nitrogens with zero attached hydrogens (tertiary/aromatic N) is 1. The van der Waals surface area contributed by atoms with Crippen LogP contribution in [0, 0.1) is 0 Å². The molecule has 4 nitrogen and oxygen atoms in total. The van der Waals surface area contributed by atoms with Crippen LogP contribution in [0.15, 0.2) is 24.3 Å². The molecule has 1 aromatic carbocycles. The number of hydrogen-bond acceptors (Lipinski definition) is 3. The maximum Gasteiger partial charge on any atom is 0.252 e. The summed E-state index contributed by atoms with van der Waals surface area (Å²) in [5.74, 6) is 0.0252. The highest BCUT2D eigenvalue weighted by molar-refractivity contribution is 6.07. The second kappa shape index (κ2) is 6.28. The summed E-state index contributed by atoms with van der Waals surface area (Å²) in [7, 11) is 0. The minimum Gasteiger partial charge on any atom is -0.376 e. The third-order valence-corrected chi connectivity index (χ3v) is 4.91. The van der Waals surface area contributed by atoms with Gasteiger partial charge in [0, 0.05) is 24.2 Å². The van der Waals surface area contributed by atoms with Gasteiger partial charge in [0.15, 0.2) is 0 Å². The monoisotopic (exact) mass is 310 g/mol. The molecule has 1 amide bonds. The molecular weight excluding hydrogens is 288 g/mol. The maximum absolute atomic E-state index is 12.9. The van der Waals surface area contributed by atoms with Crippen molar-refractivity contribution in [2.45, 2.75) is 44.6 Å². The van der Waals surface area contributed by atoms with E-state index in [-0.39, 0.29) is 12.0 Å². The van der Waals surface area contributed by atoms with Gasteiger partial charge in [0.1, 0.15) is 0 Å². The fourth-order valence-electron chi connectivity index (χ4n) is 3.73. The summed E-state index contributed by atoms with van der Waals surface area (Å²) in [6.07, 6.45) is 6.53. The SMILES string of the molecule is O=C(NC[C@@H]1CCCO1)c1c2c(nc3ccccc13)CCCC2. The van der Waals surface area contributed by atoms with Crippen LogP contribution in [0.4, 0.5) is 0 Å². The van der Waals surface area contributed by atoms with Crippen molar-refractivity contribution in [1.82, 2.24) is 10.3 Å². The molecule has 1 aliphatic heterocycles. The standard InChI is InChI=1S/C19H22N2O2/c22-19(20-12-13-6-5-11-23-13)18-14-7-1-3-9-16(14)21-17-10-4-2-8-15(17)18/h1,3,7,9,13H,2,4-6,8,10-12H2,(H,20,22)/t13-/m0/s1. The molecule has 0 unspecified atom stereocenters. The van der Waals surface area contributed by atoms with Crippen molar-refractivity contribution in [2.24, 2.45) is 0 Å². The summed E-state index contributed by atoms with van der Waals surface area (Å²) in [6, 6.07) is 7.98. The number of ether oxygens (including phenoxy) is 1. The number of carbonyl (C=O) groups is 1. The van der Waals surface area contributed by atoms with Gasteiger partial charge in [0.25, 0.3) is 5.91 Å². The molecule has 1 N–H and O–H groups in total. The summed E-state index contributed by atoms with van der Waals surface area (Å²) < 4.78 is 5.61. The molecule has 1 saturated heterocycles. The Balaban J connectivity index is 1.70. The van der Waals surface area contributed by atoms with Crippen LogP contribution in [0.2, 0.25) is 0 Å². The van der Waals surface area contributed by atoms with Gasteiger partial charge in [-0.15, -0.1) is 0 Å². The van der Waals surface area contributed by atoms with Gasteiger partial charge < -0.3 is 10.1 Å². The molecule has 2 heterocycles. The lowest BCUT2D eigenvalue weighted by Gasteiger charge is -2.21. The lowest BCUT2D eigenvalue weighted by molar-refractivity contribution is 0.0858. The highest BCUT2D eigenvalue weighted by atomic mass is 16.5. The first kappa shape index (κ1) is 14.6. The zero-order valence-electron chi connectivity index (χ0n) is 13.3. The smallest absolute Gasteiger partial charge is 0.252 e. The average Bonchev–Trinajstić information content (AvgIpc) is 3.11. The first-order chi connectivity index (χ1) is 11.3. The van der Waals surface area contributed by atoms with E-state index in [9.17, 15) is 4.79 Å². The number of hydrogen-bond donors (Lipinski definition) is 1. The van der Waals surface area contributed by atoms with E-state index in [2.05, 4.69) is 5.32 Å². The molecule has 0 radical (unpaired) electrons. The maximum atomic E-state index is 12.9. The number of amides is 1. The second-order valence-corrected chi connectivity index (χ2v) is 6.48. The van der Waals surface area contributed by atoms with Crippen molar-refractivity contribution in [3.8, 4) is 0 Å². The van der Waals surface area contributed by atoms with Crippen LogP contribution in [0.1, 0.15) is 47.3 Å². The van der Waals surface area contributed by atoms with Gasteiger partial charge in [-0.2, -0.15) is 0 Å². The number of rotatable bonds is 3. The number of para-hydroxylation sites is 1. The minimum absolute atomic E-state index is 0.0252. The number of fused-ring (bicyclic) bond motifs is 2.